The van der Waals surface area contributed by atoms with Crippen LogP contribution in [0.2, 0.25) is 0 Å². The van der Waals surface area contributed by atoms with E-state index in [2.05, 4.69) is 45.0 Å². The first kappa shape index (κ1) is 23.2. The second-order valence-electron chi connectivity index (χ2n) is 9.12. The van der Waals surface area contributed by atoms with Crippen LogP contribution in [0, 0.1) is 12.8 Å². The van der Waals surface area contributed by atoms with Gasteiger partial charge in [-0.15, -0.1) is 11.3 Å². The molecule has 3 N–H and O–H groups in total. The molecule has 1 aliphatic rings. The second kappa shape index (κ2) is 9.59. The average molecular weight is 493 g/mol. The molecule has 5 rings (SSSR count). The number of carbonyl (C=O) groups excluding carboxylic acids is 2. The molecule has 0 spiro atoms. The Morgan fingerprint density at radius 2 is 2.03 bits per heavy atom. The summed E-state index contributed by atoms with van der Waals surface area (Å²) >= 11 is 1.53. The molecule has 0 aliphatic carbocycles. The van der Waals surface area contributed by atoms with E-state index in [1.54, 1.807) is 23.0 Å². The molecule has 0 fully saturated rings. The quantitative estimate of drug-likeness (QED) is 0.347. The highest BCUT2D eigenvalue weighted by molar-refractivity contribution is 7.21. The first-order valence-electron chi connectivity index (χ1n) is 11.7. The number of hydrogen-bond donors (Lipinski definition) is 3. The lowest BCUT2D eigenvalue weighted by Gasteiger charge is -2.11. The lowest BCUT2D eigenvalue weighted by atomic mass is 10.2. The first-order chi connectivity index (χ1) is 16.9. The molecule has 2 amide bonds. The summed E-state index contributed by atoms with van der Waals surface area (Å²) in [5, 5.41) is 17.7. The summed E-state index contributed by atoms with van der Waals surface area (Å²) in [7, 11) is 0. The molecule has 4 aromatic rings. The number of amides is 2. The summed E-state index contributed by atoms with van der Waals surface area (Å²) in [6.07, 6.45) is 9.11. The van der Waals surface area contributed by atoms with Gasteiger partial charge >= 0.3 is 0 Å². The second-order valence-corrected chi connectivity index (χ2v) is 10.1. The molecule has 0 aromatic carbocycles. The molecule has 11 heteroatoms. The number of aryl methyl sites for hydroxylation is 2. The third-order valence-corrected chi connectivity index (χ3v) is 7.04. The summed E-state index contributed by atoms with van der Waals surface area (Å²) in [5.74, 6) is 0.0201. The van der Waals surface area contributed by atoms with Crippen molar-refractivity contribution in [2.45, 2.75) is 40.2 Å². The summed E-state index contributed by atoms with van der Waals surface area (Å²) in [4.78, 5) is 31.5. The highest BCUT2D eigenvalue weighted by Crippen LogP contribution is 2.35. The molecule has 0 bridgehead atoms. The van der Waals surface area contributed by atoms with Crippen LogP contribution in [0.3, 0.4) is 0 Å². The number of carbonyl (C=O) groups is 2. The van der Waals surface area contributed by atoms with E-state index in [4.69, 9.17) is 0 Å². The number of aromatic nitrogens is 5. The van der Waals surface area contributed by atoms with Gasteiger partial charge in [0.15, 0.2) is 0 Å². The number of thiazole rings is 1. The highest BCUT2D eigenvalue weighted by atomic mass is 32.1. The predicted octanol–water partition coefficient (Wildman–Crippen LogP) is 3.35. The monoisotopic (exact) mass is 492 g/mol. The molecular weight excluding hydrogens is 464 g/mol. The van der Waals surface area contributed by atoms with E-state index in [1.807, 2.05) is 24.0 Å². The predicted molar refractivity (Wildman–Crippen MR) is 136 cm³/mol. The molecule has 10 nitrogen and oxygen atoms in total. The summed E-state index contributed by atoms with van der Waals surface area (Å²) < 4.78 is 3.78. The van der Waals surface area contributed by atoms with Gasteiger partial charge in [0.2, 0.25) is 5.91 Å². The van der Waals surface area contributed by atoms with Gasteiger partial charge in [0, 0.05) is 24.0 Å². The van der Waals surface area contributed by atoms with Crippen LogP contribution in [0.5, 0.6) is 0 Å². The van der Waals surface area contributed by atoms with Crippen molar-refractivity contribution >= 4 is 39.4 Å². The minimum absolute atomic E-state index is 0.162. The fourth-order valence-electron chi connectivity index (χ4n) is 4.13. The van der Waals surface area contributed by atoms with E-state index in [9.17, 15) is 9.59 Å². The van der Waals surface area contributed by atoms with E-state index < -0.39 is 0 Å². The molecule has 35 heavy (non-hydrogen) atoms. The van der Waals surface area contributed by atoms with Gasteiger partial charge in [-0.3, -0.25) is 19.3 Å². The van der Waals surface area contributed by atoms with Crippen LogP contribution >= 0.6 is 11.3 Å². The zero-order valence-corrected chi connectivity index (χ0v) is 20.8. The van der Waals surface area contributed by atoms with Crippen LogP contribution in [0.1, 0.15) is 42.0 Å². The Morgan fingerprint density at radius 1 is 1.17 bits per heavy atom. The fraction of sp³-hybridized carbons (Fsp3) is 0.375. The minimum Gasteiger partial charge on any atom is -0.324 e. The van der Waals surface area contributed by atoms with Gasteiger partial charge in [0.1, 0.15) is 4.83 Å². The van der Waals surface area contributed by atoms with E-state index in [-0.39, 0.29) is 18.4 Å². The van der Waals surface area contributed by atoms with Crippen molar-refractivity contribution in [2.75, 3.05) is 23.7 Å². The van der Waals surface area contributed by atoms with Gasteiger partial charge in [0.05, 0.1) is 52.6 Å². The summed E-state index contributed by atoms with van der Waals surface area (Å²) in [5.41, 5.74) is 4.54. The number of rotatable bonds is 8. The van der Waals surface area contributed by atoms with Crippen molar-refractivity contribution < 1.29 is 9.59 Å². The van der Waals surface area contributed by atoms with E-state index in [1.165, 1.54) is 17.0 Å². The lowest BCUT2D eigenvalue weighted by Crippen LogP contribution is -2.30. The maximum Gasteiger partial charge on any atom is 0.260 e. The number of nitrogens with zero attached hydrogens (tertiary/aromatic N) is 5. The van der Waals surface area contributed by atoms with Crippen LogP contribution in [0.15, 0.2) is 30.9 Å². The van der Waals surface area contributed by atoms with Crippen molar-refractivity contribution in [3.8, 4) is 10.4 Å². The summed E-state index contributed by atoms with van der Waals surface area (Å²) in [6, 6.07) is 1.72. The highest BCUT2D eigenvalue weighted by Gasteiger charge is 2.22. The van der Waals surface area contributed by atoms with Crippen molar-refractivity contribution in [3.63, 3.8) is 0 Å². The Hall–Kier alpha value is -3.57. The third-order valence-electron chi connectivity index (χ3n) is 5.90. The molecule has 182 valence electrons. The Morgan fingerprint density at radius 3 is 2.86 bits per heavy atom. The van der Waals surface area contributed by atoms with E-state index in [0.717, 1.165) is 41.2 Å². The molecule has 0 saturated heterocycles. The van der Waals surface area contributed by atoms with Crippen molar-refractivity contribution in [1.82, 2.24) is 29.7 Å². The Balaban J connectivity index is 1.31. The van der Waals surface area contributed by atoms with Crippen molar-refractivity contribution in [2.24, 2.45) is 5.92 Å². The van der Waals surface area contributed by atoms with E-state index >= 15 is 0 Å². The molecule has 1 aliphatic heterocycles. The lowest BCUT2D eigenvalue weighted by molar-refractivity contribution is -0.115. The fourth-order valence-corrected chi connectivity index (χ4v) is 5.22. The molecular formula is C24H28N8O2S. The molecule has 4 aromatic heterocycles. The zero-order valence-electron chi connectivity index (χ0n) is 20.0. The Labute approximate surface area is 206 Å². The molecule has 0 saturated carbocycles. The standard InChI is InChI=1S/C24H28N8O2S/c1-14(2)8-25-12-22(33)29-16-7-19(15(3)26-9-16)30-23(34)18-11-28-32-13-21(35-24(18)32)17-10-27-31-6-4-5-20(17)31/h7,9-11,13-14,25H,4-6,8,12H2,1-3H3,(H,29,33)(H,30,34). The molecule has 0 atom stereocenters. The topological polar surface area (TPSA) is 118 Å². The average Bonchev–Trinajstić information content (AvgIpc) is 3.56. The van der Waals surface area contributed by atoms with Gasteiger partial charge in [-0.1, -0.05) is 13.8 Å². The Kier molecular flexibility index (Phi) is 6.35. The molecule has 0 unspecified atom stereocenters. The van der Waals surface area contributed by atoms with E-state index in [0.29, 0.717) is 28.6 Å². The van der Waals surface area contributed by atoms with Crippen LogP contribution in [-0.2, 0) is 17.8 Å². The molecule has 0 radical (unpaired) electrons. The summed E-state index contributed by atoms with van der Waals surface area (Å²) in [6.45, 7) is 7.90. The number of fused-ring (bicyclic) bond motifs is 2. The normalized spacial score (nSPS) is 12.9. The maximum atomic E-state index is 13.2. The number of nitrogens with one attached hydrogen (secondary N) is 3. The zero-order chi connectivity index (χ0) is 24.5. The SMILES string of the molecule is Cc1ncc(NC(=O)CNCC(C)C)cc1NC(=O)c1cnn2cc(-c3cnn4c3CCC4)sc12. The maximum absolute atomic E-state index is 13.2. The van der Waals surface area contributed by atoms with Gasteiger partial charge in [0.25, 0.3) is 5.91 Å². The number of anilines is 2. The first-order valence-corrected chi connectivity index (χ1v) is 12.5. The van der Waals surface area contributed by atoms with Crippen LogP contribution < -0.4 is 16.0 Å². The van der Waals surface area contributed by atoms with Gasteiger partial charge in [-0.2, -0.15) is 10.2 Å². The molecule has 5 heterocycles. The minimum atomic E-state index is -0.277. The number of pyridine rings is 1. The van der Waals surface area contributed by atoms with Crippen molar-refractivity contribution in [3.05, 3.63) is 47.8 Å². The smallest absolute Gasteiger partial charge is 0.260 e. The third kappa shape index (κ3) is 4.82. The largest absolute Gasteiger partial charge is 0.324 e. The van der Waals surface area contributed by atoms with Gasteiger partial charge < -0.3 is 16.0 Å². The van der Waals surface area contributed by atoms with Crippen LogP contribution in [-0.4, -0.2) is 49.3 Å². The van der Waals surface area contributed by atoms with Crippen LogP contribution in [0.25, 0.3) is 15.3 Å². The number of hydrogen-bond acceptors (Lipinski definition) is 7. The Bertz CT molecular complexity index is 1400. The van der Waals surface area contributed by atoms with Gasteiger partial charge in [-0.05, 0) is 38.3 Å². The van der Waals surface area contributed by atoms with Crippen molar-refractivity contribution in [1.29, 1.82) is 0 Å². The van der Waals surface area contributed by atoms with Gasteiger partial charge in [-0.25, -0.2) is 4.52 Å². The van der Waals surface area contributed by atoms with Crippen LogP contribution in [0.4, 0.5) is 11.4 Å².